The quantitative estimate of drug-likeness (QED) is 0.768. The van der Waals surface area contributed by atoms with Crippen LogP contribution >= 0.6 is 0 Å². The lowest BCUT2D eigenvalue weighted by Crippen LogP contribution is -2.48. The molecule has 7 heteroatoms. The van der Waals surface area contributed by atoms with Gasteiger partial charge in [-0.1, -0.05) is 29.8 Å². The summed E-state index contributed by atoms with van der Waals surface area (Å²) in [6.45, 7) is 4.63. The molecule has 2 fully saturated rings. The van der Waals surface area contributed by atoms with Gasteiger partial charge in [-0.15, -0.1) is 0 Å². The van der Waals surface area contributed by atoms with Crippen molar-refractivity contribution in [1.82, 2.24) is 20.4 Å². The van der Waals surface area contributed by atoms with Crippen LogP contribution in [0.25, 0.3) is 0 Å². The average molecular weight is 344 g/mol. The van der Waals surface area contributed by atoms with E-state index in [2.05, 4.69) is 46.7 Å². The Labute approximate surface area is 147 Å². The molecule has 7 nitrogen and oxygen atoms in total. The second-order valence-corrected chi connectivity index (χ2v) is 6.75. The van der Waals surface area contributed by atoms with Crippen molar-refractivity contribution < 1.29 is 14.4 Å². The molecule has 2 aliphatic heterocycles. The molecule has 0 aromatic heterocycles. The van der Waals surface area contributed by atoms with Gasteiger partial charge in [-0.3, -0.25) is 19.4 Å². The summed E-state index contributed by atoms with van der Waals surface area (Å²) in [4.78, 5) is 38.4. The van der Waals surface area contributed by atoms with Crippen LogP contribution in [-0.4, -0.2) is 59.9 Å². The third-order valence-electron chi connectivity index (χ3n) is 4.68. The van der Waals surface area contributed by atoms with E-state index in [1.54, 1.807) is 0 Å². The SMILES string of the molecule is Cc1cccc(CN2CCC(NC(=O)CN3C(=O)CNC3=O)CC2)c1. The smallest absolute Gasteiger partial charge is 0.325 e. The van der Waals surface area contributed by atoms with Crippen LogP contribution in [0.5, 0.6) is 0 Å². The number of likely N-dealkylation sites (tertiary alicyclic amines) is 1. The zero-order valence-corrected chi connectivity index (χ0v) is 14.5. The monoisotopic (exact) mass is 344 g/mol. The van der Waals surface area contributed by atoms with Crippen molar-refractivity contribution in [3.8, 4) is 0 Å². The molecule has 0 saturated carbocycles. The van der Waals surface area contributed by atoms with Crippen molar-refractivity contribution in [2.75, 3.05) is 26.2 Å². The lowest BCUT2D eigenvalue weighted by Gasteiger charge is -2.32. The van der Waals surface area contributed by atoms with Crippen molar-refractivity contribution in [3.63, 3.8) is 0 Å². The first-order chi connectivity index (χ1) is 12.0. The number of rotatable bonds is 5. The van der Waals surface area contributed by atoms with Gasteiger partial charge in [-0.05, 0) is 25.3 Å². The number of amides is 4. The molecule has 0 unspecified atom stereocenters. The maximum Gasteiger partial charge on any atom is 0.325 e. The largest absolute Gasteiger partial charge is 0.352 e. The highest BCUT2D eigenvalue weighted by atomic mass is 16.2. The molecule has 2 aliphatic rings. The fourth-order valence-electron chi connectivity index (χ4n) is 3.34. The van der Waals surface area contributed by atoms with Gasteiger partial charge in [-0.2, -0.15) is 0 Å². The number of benzene rings is 1. The van der Waals surface area contributed by atoms with Gasteiger partial charge in [0.05, 0.1) is 6.54 Å². The Hall–Kier alpha value is -2.41. The molecule has 2 N–H and O–H groups in total. The minimum atomic E-state index is -0.492. The summed E-state index contributed by atoms with van der Waals surface area (Å²) >= 11 is 0. The van der Waals surface area contributed by atoms with Crippen LogP contribution < -0.4 is 10.6 Å². The average Bonchev–Trinajstić information content (AvgIpc) is 2.89. The molecular formula is C18H24N4O3. The van der Waals surface area contributed by atoms with E-state index in [0.29, 0.717) is 0 Å². The Balaban J connectivity index is 1.42. The number of carbonyl (C=O) groups is 3. The second-order valence-electron chi connectivity index (χ2n) is 6.75. The van der Waals surface area contributed by atoms with E-state index in [1.165, 1.54) is 11.1 Å². The van der Waals surface area contributed by atoms with E-state index in [9.17, 15) is 14.4 Å². The minimum Gasteiger partial charge on any atom is -0.352 e. The molecule has 0 spiro atoms. The molecule has 0 atom stereocenters. The molecule has 3 rings (SSSR count). The van der Waals surface area contributed by atoms with E-state index in [1.807, 2.05) is 0 Å². The number of hydrogen-bond acceptors (Lipinski definition) is 4. The normalized spacial score (nSPS) is 19.2. The summed E-state index contributed by atoms with van der Waals surface area (Å²) in [6.07, 6.45) is 1.75. The highest BCUT2D eigenvalue weighted by Gasteiger charge is 2.31. The predicted molar refractivity (Wildman–Crippen MR) is 92.7 cm³/mol. The van der Waals surface area contributed by atoms with E-state index in [-0.39, 0.29) is 30.9 Å². The van der Waals surface area contributed by atoms with E-state index in [4.69, 9.17) is 0 Å². The Morgan fingerprint density at radius 3 is 2.68 bits per heavy atom. The summed E-state index contributed by atoms with van der Waals surface area (Å²) < 4.78 is 0. The topological polar surface area (TPSA) is 81.8 Å². The van der Waals surface area contributed by atoms with E-state index >= 15 is 0 Å². The van der Waals surface area contributed by atoms with Crippen molar-refractivity contribution in [2.24, 2.45) is 0 Å². The van der Waals surface area contributed by atoms with Crippen molar-refractivity contribution in [3.05, 3.63) is 35.4 Å². The Bertz CT molecular complexity index is 652. The van der Waals surface area contributed by atoms with Crippen LogP contribution in [0.1, 0.15) is 24.0 Å². The number of carbonyl (C=O) groups excluding carboxylic acids is 3. The molecule has 134 valence electrons. The van der Waals surface area contributed by atoms with Crippen LogP contribution in [0.2, 0.25) is 0 Å². The molecule has 2 heterocycles. The van der Waals surface area contributed by atoms with E-state index in [0.717, 1.165) is 37.4 Å². The molecule has 2 saturated heterocycles. The fraction of sp³-hybridized carbons (Fsp3) is 0.500. The lowest BCUT2D eigenvalue weighted by molar-refractivity contribution is -0.131. The van der Waals surface area contributed by atoms with Gasteiger partial charge in [0.2, 0.25) is 5.91 Å². The number of nitrogens with one attached hydrogen (secondary N) is 2. The zero-order chi connectivity index (χ0) is 17.8. The standard InChI is InChI=1S/C18H24N4O3/c1-13-3-2-4-14(9-13)11-21-7-5-15(6-8-21)20-16(23)12-22-17(24)10-19-18(22)25/h2-4,9,15H,5-8,10-12H2,1H3,(H,19,25)(H,20,23). The third-order valence-corrected chi connectivity index (χ3v) is 4.68. The van der Waals surface area contributed by atoms with E-state index < -0.39 is 6.03 Å². The van der Waals surface area contributed by atoms with Crippen molar-refractivity contribution in [1.29, 1.82) is 0 Å². The first kappa shape index (κ1) is 17.4. The second kappa shape index (κ2) is 7.65. The van der Waals surface area contributed by atoms with Gasteiger partial charge >= 0.3 is 6.03 Å². The fourth-order valence-corrected chi connectivity index (χ4v) is 3.34. The Kier molecular flexibility index (Phi) is 5.33. The number of hydrogen-bond donors (Lipinski definition) is 2. The summed E-state index contributed by atoms with van der Waals surface area (Å²) in [5.41, 5.74) is 2.57. The number of aryl methyl sites for hydroxylation is 1. The number of imide groups is 1. The summed E-state index contributed by atoms with van der Waals surface area (Å²) in [7, 11) is 0. The van der Waals surface area contributed by atoms with Gasteiger partial charge in [0.25, 0.3) is 5.91 Å². The molecule has 4 amide bonds. The molecule has 0 bridgehead atoms. The summed E-state index contributed by atoms with van der Waals surface area (Å²) in [5, 5.41) is 5.35. The van der Waals surface area contributed by atoms with Crippen LogP contribution in [0.4, 0.5) is 4.79 Å². The molecule has 0 aliphatic carbocycles. The maximum absolute atomic E-state index is 12.1. The van der Waals surface area contributed by atoms with Crippen molar-refractivity contribution in [2.45, 2.75) is 32.4 Å². The number of nitrogens with zero attached hydrogens (tertiary/aromatic N) is 2. The highest BCUT2D eigenvalue weighted by molar-refractivity contribution is 6.04. The number of piperidine rings is 1. The number of urea groups is 1. The summed E-state index contributed by atoms with van der Waals surface area (Å²) in [5.74, 6) is -0.629. The van der Waals surface area contributed by atoms with Gasteiger partial charge < -0.3 is 10.6 Å². The molecule has 1 aromatic carbocycles. The Morgan fingerprint density at radius 2 is 2.04 bits per heavy atom. The van der Waals surface area contributed by atoms with Gasteiger partial charge in [0.1, 0.15) is 6.54 Å². The first-order valence-corrected chi connectivity index (χ1v) is 8.67. The predicted octanol–water partition coefficient (Wildman–Crippen LogP) is 0.627. The first-order valence-electron chi connectivity index (χ1n) is 8.67. The van der Waals surface area contributed by atoms with Crippen LogP contribution in [-0.2, 0) is 16.1 Å². The maximum atomic E-state index is 12.1. The Morgan fingerprint density at radius 1 is 1.28 bits per heavy atom. The zero-order valence-electron chi connectivity index (χ0n) is 14.5. The molecule has 25 heavy (non-hydrogen) atoms. The lowest BCUT2D eigenvalue weighted by atomic mass is 10.0. The highest BCUT2D eigenvalue weighted by Crippen LogP contribution is 2.15. The van der Waals surface area contributed by atoms with Crippen LogP contribution in [0, 0.1) is 6.92 Å². The van der Waals surface area contributed by atoms with Crippen molar-refractivity contribution >= 4 is 17.8 Å². The van der Waals surface area contributed by atoms with Gasteiger partial charge in [0.15, 0.2) is 0 Å². The molecular weight excluding hydrogens is 320 g/mol. The molecule has 0 radical (unpaired) electrons. The van der Waals surface area contributed by atoms with Crippen LogP contribution in [0.15, 0.2) is 24.3 Å². The van der Waals surface area contributed by atoms with Gasteiger partial charge in [-0.25, -0.2) is 4.79 Å². The third kappa shape index (κ3) is 4.57. The summed E-state index contributed by atoms with van der Waals surface area (Å²) in [6, 6.07) is 8.12. The minimum absolute atomic E-state index is 0.0243. The molecule has 1 aromatic rings. The van der Waals surface area contributed by atoms with Crippen LogP contribution in [0.3, 0.4) is 0 Å². The van der Waals surface area contributed by atoms with Gasteiger partial charge in [0, 0.05) is 25.7 Å².